The smallest absolute Gasteiger partial charge is 0.333 e. The zero-order valence-electron chi connectivity index (χ0n) is 11.6. The van der Waals surface area contributed by atoms with Gasteiger partial charge in [-0.05, 0) is 30.7 Å². The number of methoxy groups -OCH3 is 2. The Bertz CT molecular complexity index is 533. The molecule has 0 spiro atoms. The third kappa shape index (κ3) is 2.99. The summed E-state index contributed by atoms with van der Waals surface area (Å²) in [5.41, 5.74) is 1.24. The van der Waals surface area contributed by atoms with E-state index >= 15 is 0 Å². The number of carbonyl (C=O) groups excluding carboxylic acids is 2. The monoisotopic (exact) mass is 275 g/mol. The predicted molar refractivity (Wildman–Crippen MR) is 73.6 cm³/mol. The normalized spacial score (nSPS) is 14.5. The van der Waals surface area contributed by atoms with E-state index in [2.05, 4.69) is 4.74 Å². The van der Waals surface area contributed by atoms with Gasteiger partial charge in [0.15, 0.2) is 0 Å². The molecule has 0 aromatic heterocycles. The second-order valence-electron chi connectivity index (χ2n) is 4.45. The van der Waals surface area contributed by atoms with Crippen molar-refractivity contribution in [2.24, 2.45) is 0 Å². The van der Waals surface area contributed by atoms with Gasteiger partial charge in [0.05, 0.1) is 14.2 Å². The van der Waals surface area contributed by atoms with Crippen molar-refractivity contribution in [3.05, 3.63) is 41.5 Å². The summed E-state index contributed by atoms with van der Waals surface area (Å²) in [7, 11) is 2.94. The van der Waals surface area contributed by atoms with Crippen molar-refractivity contribution in [3.63, 3.8) is 0 Å². The Labute approximate surface area is 117 Å². The number of carbonyl (C=O) groups is 2. The Balaban J connectivity index is 2.04. The molecule has 0 saturated heterocycles. The topological polar surface area (TPSA) is 55.8 Å². The lowest BCUT2D eigenvalue weighted by Crippen LogP contribution is -2.35. The molecule has 1 amide bonds. The van der Waals surface area contributed by atoms with Crippen LogP contribution in [0.15, 0.2) is 35.9 Å². The molecule has 0 fully saturated rings. The van der Waals surface area contributed by atoms with Crippen molar-refractivity contribution in [1.29, 1.82) is 0 Å². The van der Waals surface area contributed by atoms with Gasteiger partial charge in [0.25, 0.3) is 5.91 Å². The van der Waals surface area contributed by atoms with Crippen molar-refractivity contribution in [2.75, 3.05) is 27.3 Å². The average Bonchev–Trinajstić information content (AvgIpc) is 2.53. The van der Waals surface area contributed by atoms with Gasteiger partial charge < -0.3 is 14.4 Å². The van der Waals surface area contributed by atoms with Crippen molar-refractivity contribution in [1.82, 2.24) is 4.90 Å². The summed E-state index contributed by atoms with van der Waals surface area (Å²) in [4.78, 5) is 25.4. The molecule has 0 bridgehead atoms. The molecule has 0 N–H and O–H groups in total. The van der Waals surface area contributed by atoms with Crippen LogP contribution < -0.4 is 4.74 Å². The minimum Gasteiger partial charge on any atom is -0.497 e. The van der Waals surface area contributed by atoms with E-state index in [1.165, 1.54) is 7.11 Å². The molecular weight excluding hydrogens is 258 g/mol. The fourth-order valence-electron chi connectivity index (χ4n) is 2.09. The summed E-state index contributed by atoms with van der Waals surface area (Å²) in [5.74, 6) is 0.349. The Kier molecular flexibility index (Phi) is 4.40. The van der Waals surface area contributed by atoms with E-state index in [9.17, 15) is 9.59 Å². The lowest BCUT2D eigenvalue weighted by Gasteiger charge is -2.25. The maximum Gasteiger partial charge on any atom is 0.333 e. The second-order valence-corrected chi connectivity index (χ2v) is 4.45. The molecule has 106 valence electrons. The molecule has 2 rings (SSSR count). The molecule has 1 aromatic carbocycles. The third-order valence-electron chi connectivity index (χ3n) is 3.28. The van der Waals surface area contributed by atoms with Crippen molar-refractivity contribution in [3.8, 4) is 5.75 Å². The minimum atomic E-state index is -0.318. The molecule has 1 aliphatic heterocycles. The van der Waals surface area contributed by atoms with Gasteiger partial charge in [-0.25, -0.2) is 4.79 Å². The highest BCUT2D eigenvalue weighted by atomic mass is 16.5. The Morgan fingerprint density at radius 3 is 2.35 bits per heavy atom. The van der Waals surface area contributed by atoms with Gasteiger partial charge in [-0.1, -0.05) is 6.08 Å². The molecule has 1 heterocycles. The lowest BCUT2D eigenvalue weighted by molar-refractivity contribution is -0.136. The summed E-state index contributed by atoms with van der Waals surface area (Å²) in [6.45, 7) is 0.946. The Morgan fingerprint density at radius 1 is 1.15 bits per heavy atom. The van der Waals surface area contributed by atoms with E-state index in [0.717, 1.165) is 0 Å². The highest BCUT2D eigenvalue weighted by Crippen LogP contribution is 2.17. The number of ether oxygens (including phenoxy) is 2. The molecule has 5 heteroatoms. The largest absolute Gasteiger partial charge is 0.497 e. The van der Waals surface area contributed by atoms with E-state index in [4.69, 9.17) is 4.74 Å². The summed E-state index contributed by atoms with van der Waals surface area (Å²) < 4.78 is 9.73. The predicted octanol–water partition coefficient (Wildman–Crippen LogP) is 1.64. The van der Waals surface area contributed by atoms with Crippen LogP contribution in [0.3, 0.4) is 0 Å². The van der Waals surface area contributed by atoms with Crippen molar-refractivity contribution < 1.29 is 19.1 Å². The minimum absolute atomic E-state index is 0.0483. The van der Waals surface area contributed by atoms with E-state index in [1.54, 1.807) is 42.4 Å². The highest BCUT2D eigenvalue weighted by Gasteiger charge is 2.21. The van der Waals surface area contributed by atoms with Crippen LogP contribution in [0.2, 0.25) is 0 Å². The van der Waals surface area contributed by atoms with Gasteiger partial charge in [-0.3, -0.25) is 4.79 Å². The molecule has 1 aromatic rings. The van der Waals surface area contributed by atoms with Crippen molar-refractivity contribution >= 4 is 11.9 Å². The fourth-order valence-corrected chi connectivity index (χ4v) is 2.09. The maximum absolute atomic E-state index is 12.3. The van der Waals surface area contributed by atoms with Gasteiger partial charge in [-0.15, -0.1) is 0 Å². The maximum atomic E-state index is 12.3. The van der Waals surface area contributed by atoms with Crippen LogP contribution in [0.1, 0.15) is 16.8 Å². The second kappa shape index (κ2) is 6.23. The van der Waals surface area contributed by atoms with Gasteiger partial charge in [0.1, 0.15) is 5.75 Å². The van der Waals surface area contributed by atoms with E-state index in [-0.39, 0.29) is 11.9 Å². The third-order valence-corrected chi connectivity index (χ3v) is 3.28. The SMILES string of the molecule is COC(=O)C1=CCN(C(=O)c2ccc(OC)cc2)CC1. The zero-order valence-corrected chi connectivity index (χ0v) is 11.6. The molecule has 1 aliphatic rings. The van der Waals surface area contributed by atoms with Gasteiger partial charge in [0.2, 0.25) is 0 Å². The number of hydrogen-bond acceptors (Lipinski definition) is 4. The van der Waals surface area contributed by atoms with Crippen molar-refractivity contribution in [2.45, 2.75) is 6.42 Å². The number of amides is 1. The molecule has 20 heavy (non-hydrogen) atoms. The quantitative estimate of drug-likeness (QED) is 0.787. The first-order valence-corrected chi connectivity index (χ1v) is 6.36. The van der Waals surface area contributed by atoms with E-state index in [0.29, 0.717) is 36.4 Å². The Morgan fingerprint density at radius 2 is 1.85 bits per heavy atom. The molecule has 5 nitrogen and oxygen atoms in total. The molecule has 0 saturated carbocycles. The fraction of sp³-hybridized carbons (Fsp3) is 0.333. The van der Waals surface area contributed by atoms with Crippen LogP contribution in [0.5, 0.6) is 5.75 Å². The van der Waals surface area contributed by atoms with Gasteiger partial charge in [0, 0.05) is 24.2 Å². The van der Waals surface area contributed by atoms with Gasteiger partial charge >= 0.3 is 5.97 Å². The summed E-state index contributed by atoms with van der Waals surface area (Å²) in [6.07, 6.45) is 2.27. The lowest BCUT2D eigenvalue weighted by atomic mass is 10.1. The standard InChI is InChI=1S/C15H17NO4/c1-19-13-5-3-11(4-6-13)14(17)16-9-7-12(8-10-16)15(18)20-2/h3-7H,8-10H2,1-2H3. The molecule has 0 aliphatic carbocycles. The van der Waals surface area contributed by atoms with Gasteiger partial charge in [-0.2, -0.15) is 0 Å². The zero-order chi connectivity index (χ0) is 14.5. The highest BCUT2D eigenvalue weighted by molar-refractivity contribution is 5.95. The van der Waals surface area contributed by atoms with Crippen LogP contribution >= 0.6 is 0 Å². The first kappa shape index (κ1) is 14.1. The number of nitrogens with zero attached hydrogens (tertiary/aromatic N) is 1. The van der Waals surface area contributed by atoms with Crippen LogP contribution in [-0.2, 0) is 9.53 Å². The average molecular weight is 275 g/mol. The molecular formula is C15H17NO4. The molecule has 0 radical (unpaired) electrons. The van der Waals surface area contributed by atoms with Crippen LogP contribution in [-0.4, -0.2) is 44.1 Å². The summed E-state index contributed by atoms with van der Waals surface area (Å²) >= 11 is 0. The molecule has 0 atom stereocenters. The number of benzene rings is 1. The number of esters is 1. The van der Waals surface area contributed by atoms with E-state index in [1.807, 2.05) is 0 Å². The number of rotatable bonds is 3. The Hall–Kier alpha value is -2.30. The van der Waals surface area contributed by atoms with E-state index < -0.39 is 0 Å². The van der Waals surface area contributed by atoms with Crippen LogP contribution in [0.25, 0.3) is 0 Å². The summed E-state index contributed by atoms with van der Waals surface area (Å²) in [5, 5.41) is 0. The summed E-state index contributed by atoms with van der Waals surface area (Å²) in [6, 6.07) is 6.99. The van der Waals surface area contributed by atoms with Crippen LogP contribution in [0, 0.1) is 0 Å². The molecule has 0 unspecified atom stereocenters. The first-order chi connectivity index (χ1) is 9.65. The first-order valence-electron chi connectivity index (χ1n) is 6.36. The number of hydrogen-bond donors (Lipinski definition) is 0. The van der Waals surface area contributed by atoms with Crippen LogP contribution in [0.4, 0.5) is 0 Å².